The summed E-state index contributed by atoms with van der Waals surface area (Å²) in [6.45, 7) is 10.7. The molecule has 0 amide bonds. The number of hydrogen-bond acceptors (Lipinski definition) is 6. The van der Waals surface area contributed by atoms with E-state index in [1.807, 2.05) is 113 Å². The van der Waals surface area contributed by atoms with Crippen LogP contribution in [0.3, 0.4) is 0 Å². The molecule has 4 aromatic carbocycles. The number of benzene rings is 4. The fourth-order valence-corrected chi connectivity index (χ4v) is 3.45. The summed E-state index contributed by atoms with van der Waals surface area (Å²) in [5.41, 5.74) is 4.79. The molecule has 222 valence electrons. The van der Waals surface area contributed by atoms with Crippen molar-refractivity contribution in [2.45, 2.75) is 34.6 Å². The highest BCUT2D eigenvalue weighted by atomic mass is 16.5. The highest BCUT2D eigenvalue weighted by Crippen LogP contribution is 2.28. The molecule has 0 saturated carbocycles. The molecule has 0 aliphatic carbocycles. The van der Waals surface area contributed by atoms with Gasteiger partial charge in [0, 0.05) is 0 Å². The van der Waals surface area contributed by atoms with Gasteiger partial charge in [0.15, 0.2) is 23.0 Å². The zero-order chi connectivity index (χ0) is 30.6. The summed E-state index contributed by atoms with van der Waals surface area (Å²) in [6.07, 6.45) is 0. The molecular formula is C35H46O6. The summed E-state index contributed by atoms with van der Waals surface area (Å²) in [7, 11) is 8.27. The van der Waals surface area contributed by atoms with Crippen LogP contribution in [0.2, 0.25) is 0 Å². The van der Waals surface area contributed by atoms with Crippen LogP contribution in [0, 0.1) is 27.7 Å². The van der Waals surface area contributed by atoms with Gasteiger partial charge in [0.2, 0.25) is 0 Å². The van der Waals surface area contributed by atoms with Crippen LogP contribution in [-0.4, -0.2) is 42.2 Å². The van der Waals surface area contributed by atoms with Crippen molar-refractivity contribution >= 4 is 0 Å². The van der Waals surface area contributed by atoms with Crippen LogP contribution in [0.15, 0.2) is 84.9 Å². The fourth-order valence-electron chi connectivity index (χ4n) is 3.45. The molecule has 41 heavy (non-hydrogen) atoms. The van der Waals surface area contributed by atoms with E-state index >= 15 is 0 Å². The fraction of sp³-hybridized carbons (Fsp3) is 0.314. The maximum absolute atomic E-state index is 5.36. The van der Waals surface area contributed by atoms with Crippen molar-refractivity contribution in [1.82, 2.24) is 0 Å². The lowest BCUT2D eigenvalue weighted by Gasteiger charge is -2.08. The van der Waals surface area contributed by atoms with E-state index in [1.54, 1.807) is 35.5 Å². The first kappa shape index (κ1) is 34.7. The van der Waals surface area contributed by atoms with Crippen molar-refractivity contribution in [3.8, 4) is 34.5 Å². The van der Waals surface area contributed by atoms with Crippen LogP contribution in [0.1, 0.15) is 29.2 Å². The number of hydrogen-bond donors (Lipinski definition) is 0. The smallest absolute Gasteiger partial charge is 0.161 e. The number of rotatable bonds is 7. The normalized spacial score (nSPS) is 9.32. The maximum atomic E-state index is 5.36. The molecule has 0 N–H and O–H groups in total. The molecule has 4 aromatic rings. The van der Waals surface area contributed by atoms with Crippen molar-refractivity contribution in [3.63, 3.8) is 0 Å². The highest BCUT2D eigenvalue weighted by Gasteiger charge is 2.02. The van der Waals surface area contributed by atoms with Gasteiger partial charge in [-0.2, -0.15) is 0 Å². The zero-order valence-corrected chi connectivity index (χ0v) is 26.2. The maximum Gasteiger partial charge on any atom is 0.161 e. The summed E-state index contributed by atoms with van der Waals surface area (Å²) in [5, 5.41) is 0. The van der Waals surface area contributed by atoms with Gasteiger partial charge in [-0.3, -0.25) is 0 Å². The molecule has 0 unspecified atom stereocenters. The lowest BCUT2D eigenvalue weighted by Crippen LogP contribution is -1.95. The summed E-state index contributed by atoms with van der Waals surface area (Å²) in [6, 6.07) is 27.6. The molecular weight excluding hydrogens is 516 g/mol. The van der Waals surface area contributed by atoms with E-state index < -0.39 is 0 Å². The second-order valence-electron chi connectivity index (χ2n) is 8.93. The van der Waals surface area contributed by atoms with E-state index in [4.69, 9.17) is 28.4 Å². The molecule has 0 aromatic heterocycles. The van der Waals surface area contributed by atoms with Crippen LogP contribution in [0.25, 0.3) is 0 Å². The summed E-state index contributed by atoms with van der Waals surface area (Å²) < 4.78 is 30.7. The van der Waals surface area contributed by atoms with E-state index in [0.29, 0.717) is 6.61 Å². The quantitative estimate of drug-likeness (QED) is 0.225. The average Bonchev–Trinajstić information content (AvgIpc) is 2.99. The van der Waals surface area contributed by atoms with Gasteiger partial charge < -0.3 is 28.4 Å². The van der Waals surface area contributed by atoms with Gasteiger partial charge in [-0.25, -0.2) is 0 Å². The van der Waals surface area contributed by atoms with Gasteiger partial charge in [-0.15, -0.1) is 0 Å². The standard InChI is InChI=1S/C10H14O2.C9H12O2.2C8H10O/c1-4-12-9-6-5-8(2)7-10(9)11-3;1-7-4-5-8(10-2)9(6-7)11-3;1-7-3-5-8(9-2)6-4-7;1-7-5-3-4-6-8(7)9-2/h5-7H,4H2,1-3H3;4-6H,1-3H3;2*3-6H,1-2H3. The molecule has 0 fully saturated rings. The SMILES string of the molecule is CCOc1ccc(C)cc1OC.COc1ccc(C)cc1.COc1ccc(C)cc1OC.COc1ccccc1C. The van der Waals surface area contributed by atoms with E-state index in [2.05, 4.69) is 6.92 Å². The van der Waals surface area contributed by atoms with Crippen molar-refractivity contribution in [2.75, 3.05) is 42.2 Å². The van der Waals surface area contributed by atoms with Crippen molar-refractivity contribution < 1.29 is 28.4 Å². The Morgan fingerprint density at radius 3 is 1.34 bits per heavy atom. The summed E-state index contributed by atoms with van der Waals surface area (Å²) in [4.78, 5) is 0. The minimum Gasteiger partial charge on any atom is -0.497 e. The Balaban J connectivity index is 0.000000275. The van der Waals surface area contributed by atoms with Gasteiger partial charge >= 0.3 is 0 Å². The van der Waals surface area contributed by atoms with E-state index in [9.17, 15) is 0 Å². The number of ether oxygens (including phenoxy) is 6. The lowest BCUT2D eigenvalue weighted by molar-refractivity contribution is 0.311. The topological polar surface area (TPSA) is 55.4 Å². The minimum atomic E-state index is 0.666. The largest absolute Gasteiger partial charge is 0.497 e. The Morgan fingerprint density at radius 2 is 0.902 bits per heavy atom. The predicted molar refractivity (Wildman–Crippen MR) is 169 cm³/mol. The summed E-state index contributed by atoms with van der Waals surface area (Å²) >= 11 is 0. The van der Waals surface area contributed by atoms with Crippen LogP contribution < -0.4 is 28.4 Å². The van der Waals surface area contributed by atoms with E-state index in [1.165, 1.54) is 22.3 Å². The van der Waals surface area contributed by atoms with Gasteiger partial charge in [-0.1, -0.05) is 48.0 Å². The third-order valence-electron chi connectivity index (χ3n) is 5.73. The summed E-state index contributed by atoms with van der Waals surface area (Å²) in [5.74, 6) is 5.05. The van der Waals surface area contributed by atoms with Crippen LogP contribution in [0.5, 0.6) is 34.5 Å². The molecule has 0 radical (unpaired) electrons. The van der Waals surface area contributed by atoms with E-state index in [0.717, 1.165) is 34.5 Å². The molecule has 6 nitrogen and oxygen atoms in total. The second kappa shape index (κ2) is 19.7. The van der Waals surface area contributed by atoms with Crippen LogP contribution in [0.4, 0.5) is 0 Å². The highest BCUT2D eigenvalue weighted by molar-refractivity contribution is 5.43. The molecule has 0 spiro atoms. The predicted octanol–water partition coefficient (Wildman–Crippen LogP) is 8.42. The molecule has 0 aliphatic heterocycles. The molecule has 0 aliphatic rings. The molecule has 4 rings (SSSR count). The Bertz CT molecular complexity index is 1270. The number of para-hydroxylation sites is 1. The van der Waals surface area contributed by atoms with Gasteiger partial charge in [-0.05, 0) is 93.8 Å². The Labute approximate surface area is 246 Å². The van der Waals surface area contributed by atoms with Crippen LogP contribution in [-0.2, 0) is 0 Å². The van der Waals surface area contributed by atoms with Crippen LogP contribution >= 0.6 is 0 Å². The molecule has 0 bridgehead atoms. The first-order valence-electron chi connectivity index (χ1n) is 13.4. The molecule has 0 atom stereocenters. The Kier molecular flexibility index (Phi) is 16.7. The molecule has 0 saturated heterocycles. The van der Waals surface area contributed by atoms with Gasteiger partial charge in [0.25, 0.3) is 0 Å². The number of aryl methyl sites for hydroxylation is 4. The van der Waals surface area contributed by atoms with Crippen molar-refractivity contribution in [1.29, 1.82) is 0 Å². The van der Waals surface area contributed by atoms with E-state index in [-0.39, 0.29) is 0 Å². The van der Waals surface area contributed by atoms with Crippen molar-refractivity contribution in [3.05, 3.63) is 107 Å². The Morgan fingerprint density at radius 1 is 0.439 bits per heavy atom. The van der Waals surface area contributed by atoms with Gasteiger partial charge in [0.1, 0.15) is 11.5 Å². The average molecular weight is 563 g/mol. The van der Waals surface area contributed by atoms with Crippen molar-refractivity contribution in [2.24, 2.45) is 0 Å². The Hall–Kier alpha value is -4.32. The second-order valence-corrected chi connectivity index (χ2v) is 8.93. The molecule has 0 heterocycles. The lowest BCUT2D eigenvalue weighted by atomic mass is 10.2. The first-order chi connectivity index (χ1) is 19.7. The monoisotopic (exact) mass is 562 g/mol. The number of methoxy groups -OCH3 is 5. The van der Waals surface area contributed by atoms with Gasteiger partial charge in [0.05, 0.1) is 42.2 Å². The zero-order valence-electron chi connectivity index (χ0n) is 26.2. The third kappa shape index (κ3) is 13.1. The minimum absolute atomic E-state index is 0.666. The third-order valence-corrected chi connectivity index (χ3v) is 5.73. The molecule has 6 heteroatoms. The first-order valence-corrected chi connectivity index (χ1v) is 13.4.